The fraction of sp³-hybridized carbons (Fsp3) is 0.514. The van der Waals surface area contributed by atoms with Crippen LogP contribution in [0.3, 0.4) is 0 Å². The minimum absolute atomic E-state index is 0.0218. The van der Waals surface area contributed by atoms with Crippen molar-refractivity contribution in [3.63, 3.8) is 0 Å². The average molecular weight is 754 g/mol. The summed E-state index contributed by atoms with van der Waals surface area (Å²) in [5.74, 6) is -11.4. The number of amides is 3. The molecule has 3 aliphatic rings. The van der Waals surface area contributed by atoms with Gasteiger partial charge in [-0.15, -0.1) is 0 Å². The number of allylic oxidation sites excluding steroid dienone is 1. The van der Waals surface area contributed by atoms with Gasteiger partial charge in [0.25, 0.3) is 5.91 Å². The molecule has 54 heavy (non-hydrogen) atoms. The average Bonchev–Trinajstić information content (AvgIpc) is 3.00. The van der Waals surface area contributed by atoms with E-state index in [-0.39, 0.29) is 42.0 Å². The highest BCUT2D eigenvalue weighted by Crippen LogP contribution is 2.55. The molecule has 17 nitrogen and oxygen atoms in total. The van der Waals surface area contributed by atoms with E-state index in [4.69, 9.17) is 14.2 Å². The largest absolute Gasteiger partial charge is 0.429 e. The van der Waals surface area contributed by atoms with Crippen LogP contribution < -0.4 is 25.6 Å². The third-order valence-electron chi connectivity index (χ3n) is 9.18. The molecule has 4 atom stereocenters. The molecule has 1 aromatic rings. The van der Waals surface area contributed by atoms with Crippen LogP contribution in [0.5, 0.6) is 5.75 Å². The van der Waals surface area contributed by atoms with E-state index in [1.807, 2.05) is 26.1 Å². The molecule has 3 amide bonds. The Balaban J connectivity index is 2.08. The van der Waals surface area contributed by atoms with Crippen LogP contribution in [0.4, 0.5) is 11.4 Å². The van der Waals surface area contributed by atoms with Gasteiger partial charge in [0.1, 0.15) is 11.3 Å². The molecule has 4 N–H and O–H groups in total. The first-order valence-electron chi connectivity index (χ1n) is 17.2. The van der Waals surface area contributed by atoms with E-state index < -0.39 is 93.3 Å². The monoisotopic (exact) mass is 753 g/mol. The van der Waals surface area contributed by atoms with Crippen molar-refractivity contribution >= 4 is 58.6 Å². The van der Waals surface area contributed by atoms with Gasteiger partial charge < -0.3 is 34.9 Å². The fourth-order valence-electron chi connectivity index (χ4n) is 7.26. The number of fused-ring (bicyclic) bond motifs is 3. The molecule has 292 valence electrons. The Kier molecular flexibility index (Phi) is 11.7. The lowest BCUT2D eigenvalue weighted by Gasteiger charge is -2.51. The quantitative estimate of drug-likeness (QED) is 0.156. The van der Waals surface area contributed by atoms with Gasteiger partial charge in [0.15, 0.2) is 22.9 Å². The second-order valence-electron chi connectivity index (χ2n) is 15.0. The maximum Gasteiger partial charge on any atom is 0.308 e. The van der Waals surface area contributed by atoms with Crippen LogP contribution in [0.2, 0.25) is 0 Å². The molecule has 0 saturated heterocycles. The van der Waals surface area contributed by atoms with Gasteiger partial charge in [-0.3, -0.25) is 48.6 Å². The highest BCUT2D eigenvalue weighted by Gasteiger charge is 2.65. The van der Waals surface area contributed by atoms with E-state index >= 15 is 4.79 Å². The van der Waals surface area contributed by atoms with Gasteiger partial charge in [-0.05, 0) is 65.3 Å². The Morgan fingerprint density at radius 3 is 2.02 bits per heavy atom. The van der Waals surface area contributed by atoms with Crippen LogP contribution in [0.25, 0.3) is 0 Å². The number of hydrogen-bond acceptors (Lipinski definition) is 15. The number of aliphatic hydroxyl groups is 1. The number of nitrogens with one attached hydrogen (secondary N) is 3. The minimum Gasteiger partial charge on any atom is -0.429 e. The summed E-state index contributed by atoms with van der Waals surface area (Å²) in [6, 6.07) is 0.353. The number of hydrogen-bond donors (Lipinski definition) is 4. The van der Waals surface area contributed by atoms with Gasteiger partial charge in [-0.25, -0.2) is 0 Å². The molecular formula is C37H47N5O12. The number of likely N-dealkylation sites (N-methyl/N-ethyl adjacent to an activating group) is 1. The summed E-state index contributed by atoms with van der Waals surface area (Å²) in [5.41, 5.74) is -3.87. The zero-order valence-corrected chi connectivity index (χ0v) is 32.3. The van der Waals surface area contributed by atoms with Crippen molar-refractivity contribution in [1.29, 1.82) is 0 Å². The number of nitrogens with zero attached hydrogens (tertiary/aromatic N) is 2. The number of esters is 3. The lowest BCUT2D eigenvalue weighted by atomic mass is 9.58. The number of Topliss-reactive ketones (excluding diaryl/α,β-unsaturated/α-hetero) is 2. The number of ketones is 2. The number of imide groups is 1. The predicted molar refractivity (Wildman–Crippen MR) is 192 cm³/mol. The Bertz CT molecular complexity index is 1920. The van der Waals surface area contributed by atoms with Gasteiger partial charge in [0, 0.05) is 64.5 Å². The SMILES string of the molecule is CC(=O)NC(=O)C1=C(OC(C)=O)[C@@H](N(C)C)[C@@H]2C[C@@H]3Cc4c(N(C)C)cc(NC(=O)CNC(C)(C)C)c(OC(C)=O)c4C(=O)C3=C(OC(C)=O)[C@]2(O)C1=O. The maximum absolute atomic E-state index is 15.0. The van der Waals surface area contributed by atoms with Crippen LogP contribution >= 0.6 is 0 Å². The van der Waals surface area contributed by atoms with Crippen molar-refractivity contribution in [2.24, 2.45) is 11.8 Å². The van der Waals surface area contributed by atoms with Gasteiger partial charge in [-0.1, -0.05) is 0 Å². The normalized spacial score (nSPS) is 22.1. The topological polar surface area (TPSA) is 227 Å². The van der Waals surface area contributed by atoms with E-state index in [1.165, 1.54) is 4.90 Å². The van der Waals surface area contributed by atoms with Crippen molar-refractivity contribution in [2.75, 3.05) is 45.0 Å². The third kappa shape index (κ3) is 7.97. The first-order chi connectivity index (χ1) is 24.9. The molecule has 0 unspecified atom stereocenters. The molecule has 0 radical (unpaired) electrons. The van der Waals surface area contributed by atoms with E-state index in [1.54, 1.807) is 39.2 Å². The Hall–Kier alpha value is -5.26. The van der Waals surface area contributed by atoms with Crippen LogP contribution in [0.15, 0.2) is 28.7 Å². The maximum atomic E-state index is 15.0. The minimum atomic E-state index is -2.90. The molecule has 0 aromatic heterocycles. The number of anilines is 2. The summed E-state index contributed by atoms with van der Waals surface area (Å²) in [7, 11) is 6.50. The summed E-state index contributed by atoms with van der Waals surface area (Å²) in [6.45, 7) is 9.61. The zero-order chi connectivity index (χ0) is 40.8. The second-order valence-corrected chi connectivity index (χ2v) is 15.0. The lowest BCUT2D eigenvalue weighted by molar-refractivity contribution is -0.158. The zero-order valence-electron chi connectivity index (χ0n) is 32.3. The number of rotatable bonds is 9. The summed E-state index contributed by atoms with van der Waals surface area (Å²) >= 11 is 0. The van der Waals surface area contributed by atoms with E-state index in [9.17, 15) is 38.7 Å². The van der Waals surface area contributed by atoms with Crippen molar-refractivity contribution < 1.29 is 57.7 Å². The summed E-state index contributed by atoms with van der Waals surface area (Å²) in [4.78, 5) is 109. The highest BCUT2D eigenvalue weighted by molar-refractivity contribution is 6.27. The molecule has 0 fully saturated rings. The molecule has 0 heterocycles. The van der Waals surface area contributed by atoms with Gasteiger partial charge in [-0.2, -0.15) is 0 Å². The van der Waals surface area contributed by atoms with Crippen LogP contribution in [0, 0.1) is 11.8 Å². The van der Waals surface area contributed by atoms with Crippen LogP contribution in [-0.4, -0.2) is 109 Å². The van der Waals surface area contributed by atoms with Gasteiger partial charge >= 0.3 is 17.9 Å². The first kappa shape index (κ1) is 41.5. The lowest BCUT2D eigenvalue weighted by Crippen LogP contribution is -2.64. The van der Waals surface area contributed by atoms with E-state index in [0.717, 1.165) is 27.7 Å². The van der Waals surface area contributed by atoms with Crippen molar-refractivity contribution in [2.45, 2.75) is 78.5 Å². The molecule has 4 rings (SSSR count). The predicted octanol–water partition coefficient (Wildman–Crippen LogP) is 0.921. The Labute approximate surface area is 312 Å². The molecule has 0 bridgehead atoms. The number of benzene rings is 1. The van der Waals surface area contributed by atoms with Gasteiger partial charge in [0.05, 0.1) is 23.8 Å². The molecule has 3 aliphatic carbocycles. The molecule has 0 aliphatic heterocycles. The standard InChI is InChI=1S/C37H47N5O12/c1-16(43)39-35(50)28-32(53-18(3)45)29(42(10)11)22-13-20-12-21-24(41(8)9)14-23(40-25(47)15-38-36(5,6)7)31(52-17(2)44)27(21)30(48)26(20)34(54-19(4)46)37(22,51)33(28)49/h14,20,22,29,38,51H,12-13,15H2,1-11H3,(H,40,47)(H,39,43,50)/t20-,22-,29-,37+/m0/s1. The molecular weight excluding hydrogens is 706 g/mol. The molecule has 0 saturated carbocycles. The van der Waals surface area contributed by atoms with Crippen molar-refractivity contribution in [1.82, 2.24) is 15.5 Å². The van der Waals surface area contributed by atoms with Crippen LogP contribution in [0.1, 0.15) is 70.8 Å². The molecule has 1 aromatic carbocycles. The number of carbonyl (C=O) groups excluding carboxylic acids is 8. The van der Waals surface area contributed by atoms with E-state index in [2.05, 4.69) is 10.6 Å². The Morgan fingerprint density at radius 2 is 1.52 bits per heavy atom. The van der Waals surface area contributed by atoms with Crippen molar-refractivity contribution in [3.05, 3.63) is 39.9 Å². The summed E-state index contributed by atoms with van der Waals surface area (Å²) < 4.78 is 16.7. The van der Waals surface area contributed by atoms with Crippen molar-refractivity contribution in [3.8, 4) is 5.75 Å². The Morgan fingerprint density at radius 1 is 0.926 bits per heavy atom. The highest BCUT2D eigenvalue weighted by atomic mass is 16.6. The fourth-order valence-corrected chi connectivity index (χ4v) is 7.26. The number of carbonyl (C=O) groups is 8. The van der Waals surface area contributed by atoms with Crippen LogP contribution in [-0.2, 0) is 49.5 Å². The summed E-state index contributed by atoms with van der Waals surface area (Å²) in [6.07, 6.45) is -0.122. The first-order valence-corrected chi connectivity index (χ1v) is 17.2. The number of ether oxygens (including phenoxy) is 3. The summed E-state index contributed by atoms with van der Waals surface area (Å²) in [5, 5.41) is 20.4. The third-order valence-corrected chi connectivity index (χ3v) is 9.18. The molecule has 17 heteroatoms. The second kappa shape index (κ2) is 15.2. The smallest absolute Gasteiger partial charge is 0.308 e. The van der Waals surface area contributed by atoms with E-state index in [0.29, 0.717) is 11.3 Å². The van der Waals surface area contributed by atoms with Gasteiger partial charge in [0.2, 0.25) is 17.6 Å². The molecule has 0 spiro atoms.